The zero-order valence-electron chi connectivity index (χ0n) is 16.8. The number of ether oxygens (including phenoxy) is 1. The van der Waals surface area contributed by atoms with Gasteiger partial charge >= 0.3 is 0 Å². The summed E-state index contributed by atoms with van der Waals surface area (Å²) in [4.78, 5) is 25.0. The lowest BCUT2D eigenvalue weighted by Crippen LogP contribution is -2.18. The molecule has 152 valence electrons. The summed E-state index contributed by atoms with van der Waals surface area (Å²) < 4.78 is 7.58. The van der Waals surface area contributed by atoms with E-state index < -0.39 is 0 Å². The van der Waals surface area contributed by atoms with Crippen LogP contribution in [0, 0.1) is 0 Å². The molecule has 2 aromatic rings. The highest BCUT2D eigenvalue weighted by Gasteiger charge is 2.31. The normalized spacial score (nSPS) is 17.5. The Bertz CT molecular complexity index is 857. The van der Waals surface area contributed by atoms with Gasteiger partial charge in [0.1, 0.15) is 11.6 Å². The van der Waals surface area contributed by atoms with Crippen molar-refractivity contribution in [1.29, 1.82) is 0 Å². The number of aromatic amines is 1. The van der Waals surface area contributed by atoms with Gasteiger partial charge in [-0.05, 0) is 37.5 Å². The minimum Gasteiger partial charge on any atom is -0.494 e. The van der Waals surface area contributed by atoms with Crippen LogP contribution in [0.1, 0.15) is 68.9 Å². The third-order valence-electron chi connectivity index (χ3n) is 5.09. The van der Waals surface area contributed by atoms with Gasteiger partial charge in [-0.2, -0.15) is 0 Å². The molecule has 1 aliphatic rings. The smallest absolute Gasteiger partial charge is 0.270 e. The summed E-state index contributed by atoms with van der Waals surface area (Å²) in [5.74, 6) is 1.66. The van der Waals surface area contributed by atoms with Crippen molar-refractivity contribution in [2.24, 2.45) is 0 Å². The number of anilines is 1. The Morgan fingerprint density at radius 3 is 2.64 bits per heavy atom. The largest absolute Gasteiger partial charge is 0.494 e. The molecule has 0 bridgehead atoms. The second-order valence-corrected chi connectivity index (χ2v) is 8.29. The SMILES string of the molecule is CCCCCOc1ccc(C2SCC(=O)Nc3c2c(=O)[nH]n3C(C)CC)cc1. The molecule has 2 unspecified atom stereocenters. The van der Waals surface area contributed by atoms with Gasteiger partial charge in [0.05, 0.1) is 23.2 Å². The Labute approximate surface area is 170 Å². The maximum atomic E-state index is 12.8. The number of benzene rings is 1. The molecule has 0 fully saturated rings. The van der Waals surface area contributed by atoms with Gasteiger partial charge in [-0.3, -0.25) is 19.4 Å². The molecule has 1 aromatic heterocycles. The van der Waals surface area contributed by atoms with Crippen LogP contribution in [-0.2, 0) is 4.79 Å². The van der Waals surface area contributed by atoms with Gasteiger partial charge in [-0.1, -0.05) is 38.8 Å². The molecule has 2 N–H and O–H groups in total. The average Bonchev–Trinajstić information content (AvgIpc) is 2.91. The van der Waals surface area contributed by atoms with E-state index in [1.165, 1.54) is 18.2 Å². The second-order valence-electron chi connectivity index (χ2n) is 7.19. The molecule has 1 amide bonds. The van der Waals surface area contributed by atoms with Crippen molar-refractivity contribution in [1.82, 2.24) is 9.78 Å². The van der Waals surface area contributed by atoms with E-state index in [0.29, 0.717) is 23.7 Å². The highest BCUT2D eigenvalue weighted by molar-refractivity contribution is 8.00. The van der Waals surface area contributed by atoms with Gasteiger partial charge in [0, 0.05) is 6.04 Å². The number of amides is 1. The summed E-state index contributed by atoms with van der Waals surface area (Å²) in [6.07, 6.45) is 4.23. The third-order valence-corrected chi connectivity index (χ3v) is 6.36. The number of fused-ring (bicyclic) bond motifs is 1. The van der Waals surface area contributed by atoms with Crippen LogP contribution < -0.4 is 15.6 Å². The van der Waals surface area contributed by atoms with E-state index in [2.05, 4.69) is 24.3 Å². The van der Waals surface area contributed by atoms with Crippen molar-refractivity contribution in [2.45, 2.75) is 57.7 Å². The fourth-order valence-electron chi connectivity index (χ4n) is 3.30. The van der Waals surface area contributed by atoms with Crippen LogP contribution in [0.2, 0.25) is 0 Å². The number of rotatable bonds is 8. The molecule has 0 saturated heterocycles. The summed E-state index contributed by atoms with van der Waals surface area (Å²) >= 11 is 1.48. The minimum atomic E-state index is -0.197. The number of aromatic nitrogens is 2. The first-order valence-electron chi connectivity index (χ1n) is 10.0. The van der Waals surface area contributed by atoms with Gasteiger partial charge < -0.3 is 10.1 Å². The Balaban J connectivity index is 1.88. The van der Waals surface area contributed by atoms with Crippen LogP contribution in [0.25, 0.3) is 0 Å². The number of nitrogens with one attached hydrogen (secondary N) is 2. The lowest BCUT2D eigenvalue weighted by Gasteiger charge is -2.16. The summed E-state index contributed by atoms with van der Waals surface area (Å²) in [5.41, 5.74) is 1.47. The highest BCUT2D eigenvalue weighted by atomic mass is 32.2. The Kier molecular flexibility index (Phi) is 6.88. The molecule has 1 aromatic carbocycles. The van der Waals surface area contributed by atoms with Crippen molar-refractivity contribution >= 4 is 23.5 Å². The quantitative estimate of drug-likeness (QED) is 0.637. The van der Waals surface area contributed by atoms with E-state index in [1.807, 2.05) is 31.2 Å². The van der Waals surface area contributed by atoms with Crippen LogP contribution in [0.5, 0.6) is 5.75 Å². The van der Waals surface area contributed by atoms with E-state index in [1.54, 1.807) is 4.68 Å². The molecule has 1 aliphatic heterocycles. The average molecular weight is 404 g/mol. The fraction of sp³-hybridized carbons (Fsp3) is 0.524. The molecule has 0 radical (unpaired) electrons. The van der Waals surface area contributed by atoms with Gasteiger partial charge in [-0.25, -0.2) is 0 Å². The Morgan fingerprint density at radius 1 is 1.21 bits per heavy atom. The van der Waals surface area contributed by atoms with E-state index in [4.69, 9.17) is 4.74 Å². The van der Waals surface area contributed by atoms with Crippen LogP contribution >= 0.6 is 11.8 Å². The third kappa shape index (κ3) is 4.46. The van der Waals surface area contributed by atoms with Crippen LogP contribution in [0.3, 0.4) is 0 Å². The summed E-state index contributed by atoms with van der Waals surface area (Å²) in [6, 6.07) is 7.97. The highest BCUT2D eigenvalue weighted by Crippen LogP contribution is 2.40. The number of carbonyl (C=O) groups excluding carboxylic acids is 1. The van der Waals surface area contributed by atoms with Gasteiger partial charge in [0.25, 0.3) is 5.56 Å². The molecule has 2 heterocycles. The van der Waals surface area contributed by atoms with Crippen LogP contribution in [-0.4, -0.2) is 28.0 Å². The monoisotopic (exact) mass is 403 g/mol. The van der Waals surface area contributed by atoms with Gasteiger partial charge in [-0.15, -0.1) is 11.8 Å². The van der Waals surface area contributed by atoms with Crippen molar-refractivity contribution in [3.8, 4) is 5.75 Å². The zero-order chi connectivity index (χ0) is 20.1. The maximum Gasteiger partial charge on any atom is 0.270 e. The molecule has 0 spiro atoms. The second kappa shape index (κ2) is 9.37. The number of thioether (sulfide) groups is 1. The number of H-pyrrole nitrogens is 1. The first-order valence-corrected chi connectivity index (χ1v) is 11.1. The van der Waals surface area contributed by atoms with Crippen LogP contribution in [0.15, 0.2) is 29.1 Å². The van der Waals surface area contributed by atoms with Crippen molar-refractivity contribution in [3.63, 3.8) is 0 Å². The summed E-state index contributed by atoms with van der Waals surface area (Å²) in [5, 5.41) is 5.64. The van der Waals surface area contributed by atoms with E-state index in [-0.39, 0.29) is 22.8 Å². The number of hydrogen-bond donors (Lipinski definition) is 2. The summed E-state index contributed by atoms with van der Waals surface area (Å²) in [7, 11) is 0. The van der Waals surface area contributed by atoms with E-state index in [9.17, 15) is 9.59 Å². The number of nitrogens with zero attached hydrogens (tertiary/aromatic N) is 1. The first-order chi connectivity index (χ1) is 13.5. The number of hydrogen-bond acceptors (Lipinski definition) is 4. The topological polar surface area (TPSA) is 76.1 Å². The molecule has 3 rings (SSSR count). The molecule has 2 atom stereocenters. The first kappa shape index (κ1) is 20.6. The van der Waals surface area contributed by atoms with Crippen LogP contribution in [0.4, 0.5) is 5.82 Å². The van der Waals surface area contributed by atoms with Crippen molar-refractivity contribution in [2.75, 3.05) is 17.7 Å². The van der Waals surface area contributed by atoms with Crippen molar-refractivity contribution in [3.05, 3.63) is 45.7 Å². The predicted molar refractivity (Wildman–Crippen MR) is 114 cm³/mol. The van der Waals surface area contributed by atoms with Crippen molar-refractivity contribution < 1.29 is 9.53 Å². The van der Waals surface area contributed by atoms with E-state index >= 15 is 0 Å². The molecule has 7 heteroatoms. The Hall–Kier alpha value is -2.15. The van der Waals surface area contributed by atoms with Gasteiger partial charge in [0.15, 0.2) is 0 Å². The maximum absolute atomic E-state index is 12.8. The number of carbonyl (C=O) groups is 1. The minimum absolute atomic E-state index is 0.0827. The molecule has 0 aliphatic carbocycles. The zero-order valence-corrected chi connectivity index (χ0v) is 17.6. The standard InChI is InChI=1S/C21H29N3O3S/c1-4-6-7-12-27-16-10-8-15(9-11-16)19-18-20(22-17(25)13-28-19)24(14(3)5-2)23-21(18)26/h8-11,14,19H,4-7,12-13H2,1-3H3,(H,22,25)(H,23,26). The molecular weight excluding hydrogens is 374 g/mol. The molecule has 6 nitrogen and oxygen atoms in total. The van der Waals surface area contributed by atoms with E-state index in [0.717, 1.165) is 30.6 Å². The number of unbranched alkanes of at least 4 members (excludes halogenated alkanes) is 2. The predicted octanol–water partition coefficient (Wildman–Crippen LogP) is 4.49. The molecular formula is C21H29N3O3S. The Morgan fingerprint density at radius 2 is 1.96 bits per heavy atom. The lowest BCUT2D eigenvalue weighted by atomic mass is 10.1. The lowest BCUT2D eigenvalue weighted by molar-refractivity contribution is -0.113. The molecule has 0 saturated carbocycles. The van der Waals surface area contributed by atoms with Gasteiger partial charge in [0.2, 0.25) is 5.91 Å². The molecule has 28 heavy (non-hydrogen) atoms. The fourth-order valence-corrected chi connectivity index (χ4v) is 4.43. The summed E-state index contributed by atoms with van der Waals surface area (Å²) in [6.45, 7) is 6.97.